The number of anilines is 1. The Morgan fingerprint density at radius 2 is 1.85 bits per heavy atom. The predicted octanol–water partition coefficient (Wildman–Crippen LogP) is 3.17. The number of ether oxygens (including phenoxy) is 1. The molecule has 1 aliphatic heterocycles. The highest BCUT2D eigenvalue weighted by atomic mass is 16.5. The summed E-state index contributed by atoms with van der Waals surface area (Å²) in [7, 11) is 1.82. The van der Waals surface area contributed by atoms with Gasteiger partial charge in [0.15, 0.2) is 5.96 Å². The van der Waals surface area contributed by atoms with E-state index in [1.54, 1.807) is 0 Å². The lowest BCUT2D eigenvalue weighted by atomic mass is 10.1. The Morgan fingerprint density at radius 1 is 1.11 bits per heavy atom. The van der Waals surface area contributed by atoms with Crippen molar-refractivity contribution in [3.8, 4) is 0 Å². The molecule has 1 fully saturated rings. The molecular weight excluding hydrogens is 336 g/mol. The molecule has 144 valence electrons. The topological polar surface area (TPSA) is 48.9 Å². The smallest absolute Gasteiger partial charge is 0.191 e. The molecule has 1 unspecified atom stereocenters. The Bertz CT molecular complexity index is 715. The zero-order chi connectivity index (χ0) is 18.9. The summed E-state index contributed by atoms with van der Waals surface area (Å²) >= 11 is 0. The Morgan fingerprint density at radius 3 is 2.56 bits per heavy atom. The molecule has 5 nitrogen and oxygen atoms in total. The van der Waals surface area contributed by atoms with Gasteiger partial charge in [0.2, 0.25) is 0 Å². The van der Waals surface area contributed by atoms with Crippen molar-refractivity contribution in [3.05, 3.63) is 65.7 Å². The lowest BCUT2D eigenvalue weighted by molar-refractivity contribution is 0.134. The summed E-state index contributed by atoms with van der Waals surface area (Å²) in [6.07, 6.45) is 1.11. The van der Waals surface area contributed by atoms with E-state index in [4.69, 9.17) is 4.74 Å². The first-order valence-corrected chi connectivity index (χ1v) is 9.71. The first kappa shape index (κ1) is 19.2. The second kappa shape index (κ2) is 9.97. The first-order chi connectivity index (χ1) is 13.3. The normalized spacial score (nSPS) is 17.2. The van der Waals surface area contributed by atoms with Crippen LogP contribution >= 0.6 is 0 Å². The number of rotatable bonds is 7. The van der Waals surface area contributed by atoms with Crippen molar-refractivity contribution >= 4 is 11.6 Å². The van der Waals surface area contributed by atoms with Crippen LogP contribution in [0.3, 0.4) is 0 Å². The minimum atomic E-state index is 0.407. The van der Waals surface area contributed by atoms with E-state index in [0.717, 1.165) is 38.6 Å². The van der Waals surface area contributed by atoms with Crippen LogP contribution in [0.2, 0.25) is 0 Å². The van der Waals surface area contributed by atoms with Crippen molar-refractivity contribution in [2.24, 2.45) is 4.99 Å². The highest BCUT2D eigenvalue weighted by Gasteiger charge is 2.23. The summed E-state index contributed by atoms with van der Waals surface area (Å²) in [4.78, 5) is 6.80. The average molecular weight is 367 g/mol. The van der Waals surface area contributed by atoms with Gasteiger partial charge in [-0.25, -0.2) is 0 Å². The van der Waals surface area contributed by atoms with Gasteiger partial charge in [0, 0.05) is 45.0 Å². The second-order valence-electron chi connectivity index (χ2n) is 6.79. The van der Waals surface area contributed by atoms with E-state index < -0.39 is 0 Å². The lowest BCUT2D eigenvalue weighted by Gasteiger charge is -2.20. The molecule has 0 aliphatic carbocycles. The summed E-state index contributed by atoms with van der Waals surface area (Å²) in [6.45, 7) is 6.25. The zero-order valence-corrected chi connectivity index (χ0v) is 16.3. The lowest BCUT2D eigenvalue weighted by Crippen LogP contribution is -2.44. The second-order valence-corrected chi connectivity index (χ2v) is 6.79. The molecule has 2 aromatic rings. The molecule has 0 saturated carbocycles. The molecule has 1 atom stereocenters. The fourth-order valence-corrected chi connectivity index (χ4v) is 3.30. The Hall–Kier alpha value is -2.53. The van der Waals surface area contributed by atoms with Crippen molar-refractivity contribution in [1.82, 2.24) is 10.6 Å². The van der Waals surface area contributed by atoms with E-state index >= 15 is 0 Å². The molecule has 3 rings (SSSR count). The summed E-state index contributed by atoms with van der Waals surface area (Å²) < 4.78 is 5.44. The van der Waals surface area contributed by atoms with Crippen molar-refractivity contribution in [1.29, 1.82) is 0 Å². The van der Waals surface area contributed by atoms with E-state index in [1.165, 1.54) is 16.8 Å². The number of hydrogen-bond donors (Lipinski definition) is 2. The fourth-order valence-electron chi connectivity index (χ4n) is 3.30. The third-order valence-corrected chi connectivity index (χ3v) is 4.83. The van der Waals surface area contributed by atoms with Gasteiger partial charge in [-0.3, -0.25) is 4.99 Å². The maximum atomic E-state index is 5.44. The Labute approximate surface area is 162 Å². The summed E-state index contributed by atoms with van der Waals surface area (Å²) in [5.74, 6) is 0.855. The molecule has 5 heteroatoms. The van der Waals surface area contributed by atoms with Crippen LogP contribution in [0.5, 0.6) is 0 Å². The maximum Gasteiger partial charge on any atom is 0.191 e. The minimum absolute atomic E-state index is 0.407. The third kappa shape index (κ3) is 5.73. The summed E-state index contributed by atoms with van der Waals surface area (Å²) in [5.41, 5.74) is 3.72. The van der Waals surface area contributed by atoms with E-state index in [2.05, 4.69) is 75.1 Å². The SMILES string of the molecule is CCOCc1ccc(CNC(=NC)NC2CCN(c3ccccc3)C2)cc1. The van der Waals surface area contributed by atoms with Crippen LogP contribution < -0.4 is 15.5 Å². The van der Waals surface area contributed by atoms with Crippen LogP contribution in [0.4, 0.5) is 5.69 Å². The first-order valence-electron chi connectivity index (χ1n) is 9.71. The fraction of sp³-hybridized carbons (Fsp3) is 0.409. The van der Waals surface area contributed by atoms with E-state index in [0.29, 0.717) is 12.6 Å². The minimum Gasteiger partial charge on any atom is -0.377 e. The molecule has 0 spiro atoms. The highest BCUT2D eigenvalue weighted by Crippen LogP contribution is 2.19. The third-order valence-electron chi connectivity index (χ3n) is 4.83. The molecule has 1 saturated heterocycles. The number of guanidine groups is 1. The number of benzene rings is 2. The van der Waals surface area contributed by atoms with Crippen molar-refractivity contribution in [2.75, 3.05) is 31.6 Å². The molecule has 27 heavy (non-hydrogen) atoms. The number of aliphatic imine (C=N–C) groups is 1. The standard InChI is InChI=1S/C22H30N4O/c1-3-27-17-19-11-9-18(10-12-19)15-24-22(23-2)25-20-13-14-26(16-20)21-7-5-4-6-8-21/h4-12,20H,3,13-17H2,1-2H3,(H2,23,24,25). The summed E-state index contributed by atoms with van der Waals surface area (Å²) in [5, 5.41) is 6.97. The zero-order valence-electron chi connectivity index (χ0n) is 16.3. The van der Waals surface area contributed by atoms with Gasteiger partial charge in [-0.15, -0.1) is 0 Å². The Balaban J connectivity index is 1.46. The van der Waals surface area contributed by atoms with Gasteiger partial charge < -0.3 is 20.3 Å². The van der Waals surface area contributed by atoms with Crippen LogP contribution in [0.25, 0.3) is 0 Å². The van der Waals surface area contributed by atoms with Gasteiger partial charge in [0.05, 0.1) is 6.61 Å². The Kier molecular flexibility index (Phi) is 7.11. The van der Waals surface area contributed by atoms with Gasteiger partial charge in [-0.05, 0) is 36.6 Å². The largest absolute Gasteiger partial charge is 0.377 e. The molecule has 1 heterocycles. The van der Waals surface area contributed by atoms with E-state index in [1.807, 2.05) is 14.0 Å². The predicted molar refractivity (Wildman–Crippen MR) is 112 cm³/mol. The average Bonchev–Trinajstić information content (AvgIpc) is 3.19. The number of nitrogens with one attached hydrogen (secondary N) is 2. The van der Waals surface area contributed by atoms with E-state index in [-0.39, 0.29) is 0 Å². The maximum absolute atomic E-state index is 5.44. The van der Waals surface area contributed by atoms with Crippen molar-refractivity contribution in [2.45, 2.75) is 32.5 Å². The van der Waals surface area contributed by atoms with Crippen LogP contribution in [0.1, 0.15) is 24.5 Å². The van der Waals surface area contributed by atoms with E-state index in [9.17, 15) is 0 Å². The highest BCUT2D eigenvalue weighted by molar-refractivity contribution is 5.80. The number of nitrogens with zero attached hydrogens (tertiary/aromatic N) is 2. The molecule has 2 N–H and O–H groups in total. The van der Waals surface area contributed by atoms with Crippen LogP contribution in [-0.2, 0) is 17.9 Å². The van der Waals surface area contributed by atoms with Crippen LogP contribution in [0, 0.1) is 0 Å². The van der Waals surface area contributed by atoms with Crippen molar-refractivity contribution in [3.63, 3.8) is 0 Å². The molecule has 0 aromatic heterocycles. The summed E-state index contributed by atoms with van der Waals surface area (Å²) in [6, 6.07) is 19.5. The molecule has 0 amide bonds. The van der Waals surface area contributed by atoms with Gasteiger partial charge in [0.25, 0.3) is 0 Å². The molecule has 2 aromatic carbocycles. The molecule has 0 radical (unpaired) electrons. The number of para-hydroxylation sites is 1. The van der Waals surface area contributed by atoms with Gasteiger partial charge >= 0.3 is 0 Å². The van der Waals surface area contributed by atoms with Gasteiger partial charge in [-0.2, -0.15) is 0 Å². The van der Waals surface area contributed by atoms with Crippen LogP contribution in [-0.4, -0.2) is 38.7 Å². The van der Waals surface area contributed by atoms with Crippen molar-refractivity contribution < 1.29 is 4.74 Å². The van der Waals surface area contributed by atoms with Gasteiger partial charge in [-0.1, -0.05) is 42.5 Å². The van der Waals surface area contributed by atoms with Gasteiger partial charge in [0.1, 0.15) is 0 Å². The number of hydrogen-bond acceptors (Lipinski definition) is 3. The monoisotopic (exact) mass is 366 g/mol. The quantitative estimate of drug-likeness (QED) is 0.584. The molecule has 1 aliphatic rings. The van der Waals surface area contributed by atoms with Crippen LogP contribution in [0.15, 0.2) is 59.6 Å². The molecular formula is C22H30N4O. The molecule has 0 bridgehead atoms.